The van der Waals surface area contributed by atoms with E-state index in [4.69, 9.17) is 0 Å². The number of benzene rings is 1. The van der Waals surface area contributed by atoms with Gasteiger partial charge in [-0.15, -0.1) is 0 Å². The van der Waals surface area contributed by atoms with Crippen molar-refractivity contribution < 1.29 is 22.8 Å². The van der Waals surface area contributed by atoms with Gasteiger partial charge in [-0.05, 0) is 19.1 Å². The third-order valence-electron chi connectivity index (χ3n) is 2.10. The van der Waals surface area contributed by atoms with Gasteiger partial charge in [-0.1, -0.05) is 0 Å². The monoisotopic (exact) mass is 235 g/mol. The van der Waals surface area contributed by atoms with Crippen LogP contribution in [0.1, 0.15) is 11.1 Å². The molecular formula is C9H8F3NO3. The van der Waals surface area contributed by atoms with Crippen molar-refractivity contribution in [1.29, 1.82) is 0 Å². The maximum absolute atomic E-state index is 12.5. The van der Waals surface area contributed by atoms with Gasteiger partial charge < -0.3 is 4.74 Å². The van der Waals surface area contributed by atoms with Crippen LogP contribution in [0.2, 0.25) is 0 Å². The Balaban J connectivity index is 3.50. The van der Waals surface area contributed by atoms with Gasteiger partial charge in [0.1, 0.15) is 0 Å². The zero-order valence-corrected chi connectivity index (χ0v) is 8.46. The zero-order chi connectivity index (χ0) is 12.5. The Kier molecular flexibility index (Phi) is 3.06. The van der Waals surface area contributed by atoms with E-state index in [0.29, 0.717) is 0 Å². The maximum Gasteiger partial charge on any atom is 0.416 e. The molecule has 0 aromatic heterocycles. The Hall–Kier alpha value is -1.79. The van der Waals surface area contributed by atoms with Gasteiger partial charge in [-0.3, -0.25) is 10.1 Å². The van der Waals surface area contributed by atoms with Crippen LogP contribution in [0, 0.1) is 17.0 Å². The van der Waals surface area contributed by atoms with E-state index < -0.39 is 27.9 Å². The van der Waals surface area contributed by atoms with E-state index in [1.807, 2.05) is 0 Å². The Morgan fingerprint density at radius 3 is 2.31 bits per heavy atom. The molecule has 0 spiro atoms. The minimum atomic E-state index is -4.61. The van der Waals surface area contributed by atoms with E-state index >= 15 is 0 Å². The number of methoxy groups -OCH3 is 1. The highest BCUT2D eigenvalue weighted by atomic mass is 19.4. The molecule has 0 radical (unpaired) electrons. The Labute approximate surface area is 88.8 Å². The lowest BCUT2D eigenvalue weighted by Gasteiger charge is -2.11. The van der Waals surface area contributed by atoms with Crippen LogP contribution in [0.25, 0.3) is 0 Å². The predicted molar refractivity (Wildman–Crippen MR) is 49.4 cm³/mol. The van der Waals surface area contributed by atoms with E-state index in [2.05, 4.69) is 4.74 Å². The normalized spacial score (nSPS) is 11.3. The predicted octanol–water partition coefficient (Wildman–Crippen LogP) is 2.93. The fourth-order valence-electron chi connectivity index (χ4n) is 1.37. The number of nitro benzene ring substituents is 1. The second-order valence-corrected chi connectivity index (χ2v) is 3.04. The molecule has 0 fully saturated rings. The summed E-state index contributed by atoms with van der Waals surface area (Å²) in [6, 6.07) is 1.70. The molecule has 0 aliphatic rings. The fraction of sp³-hybridized carbons (Fsp3) is 0.333. The summed E-state index contributed by atoms with van der Waals surface area (Å²) in [5.74, 6) is -0.185. The van der Waals surface area contributed by atoms with Crippen LogP contribution in [0.3, 0.4) is 0 Å². The molecule has 0 unspecified atom stereocenters. The van der Waals surface area contributed by atoms with Crippen molar-refractivity contribution in [3.05, 3.63) is 33.4 Å². The van der Waals surface area contributed by atoms with Crippen molar-refractivity contribution >= 4 is 5.69 Å². The number of nitrogens with zero attached hydrogens (tertiary/aromatic N) is 1. The van der Waals surface area contributed by atoms with Gasteiger partial charge in [0.25, 0.3) is 0 Å². The number of ether oxygens (including phenoxy) is 1. The maximum atomic E-state index is 12.5. The highest BCUT2D eigenvalue weighted by Gasteiger charge is 2.36. The molecule has 0 saturated carbocycles. The number of rotatable bonds is 2. The van der Waals surface area contributed by atoms with Gasteiger partial charge in [0.15, 0.2) is 5.75 Å². The first kappa shape index (κ1) is 12.3. The topological polar surface area (TPSA) is 52.4 Å². The highest BCUT2D eigenvalue weighted by Crippen LogP contribution is 2.39. The molecule has 0 amide bonds. The molecule has 4 nitrogen and oxygen atoms in total. The average molecular weight is 235 g/mol. The standard InChI is InChI=1S/C9H8F3NO3/c1-5-6(9(10,11)12)3-4-7(16-2)8(5)13(14)15/h3-4H,1-2H3. The van der Waals surface area contributed by atoms with Crippen LogP contribution in [0.15, 0.2) is 12.1 Å². The largest absolute Gasteiger partial charge is 0.490 e. The number of hydrogen-bond acceptors (Lipinski definition) is 3. The molecule has 0 heterocycles. The average Bonchev–Trinajstić information content (AvgIpc) is 2.14. The molecule has 7 heteroatoms. The molecular weight excluding hydrogens is 227 g/mol. The van der Waals surface area contributed by atoms with Gasteiger partial charge in [0, 0.05) is 5.56 Å². The van der Waals surface area contributed by atoms with Crippen LogP contribution in [-0.2, 0) is 6.18 Å². The van der Waals surface area contributed by atoms with E-state index in [1.54, 1.807) is 0 Å². The van der Waals surface area contributed by atoms with Crippen LogP contribution < -0.4 is 4.74 Å². The van der Waals surface area contributed by atoms with Gasteiger partial charge >= 0.3 is 11.9 Å². The molecule has 88 valence electrons. The van der Waals surface area contributed by atoms with Crippen molar-refractivity contribution in [2.75, 3.05) is 7.11 Å². The van der Waals surface area contributed by atoms with E-state index in [0.717, 1.165) is 26.2 Å². The Bertz CT molecular complexity index is 429. The summed E-state index contributed by atoms with van der Waals surface area (Å²) in [6.45, 7) is 1.05. The van der Waals surface area contributed by atoms with E-state index in [9.17, 15) is 23.3 Å². The number of nitro groups is 1. The summed E-state index contributed by atoms with van der Waals surface area (Å²) in [7, 11) is 1.16. The van der Waals surface area contributed by atoms with Crippen molar-refractivity contribution in [3.8, 4) is 5.75 Å². The summed E-state index contributed by atoms with van der Waals surface area (Å²) in [5, 5.41) is 10.6. The third kappa shape index (κ3) is 2.07. The SMILES string of the molecule is COc1ccc(C(F)(F)F)c(C)c1[N+](=O)[O-]. The molecule has 0 atom stereocenters. The molecule has 0 saturated heterocycles. The smallest absolute Gasteiger partial charge is 0.416 e. The Morgan fingerprint density at radius 1 is 1.38 bits per heavy atom. The second-order valence-electron chi connectivity index (χ2n) is 3.04. The van der Waals surface area contributed by atoms with Crippen LogP contribution in [0.5, 0.6) is 5.75 Å². The van der Waals surface area contributed by atoms with E-state index in [1.165, 1.54) is 0 Å². The summed E-state index contributed by atoms with van der Waals surface area (Å²) in [4.78, 5) is 9.75. The third-order valence-corrected chi connectivity index (χ3v) is 2.10. The fourth-order valence-corrected chi connectivity index (χ4v) is 1.37. The Morgan fingerprint density at radius 2 is 1.94 bits per heavy atom. The minimum Gasteiger partial charge on any atom is -0.490 e. The summed E-state index contributed by atoms with van der Waals surface area (Å²) in [5.41, 5.74) is -2.13. The number of alkyl halides is 3. The van der Waals surface area contributed by atoms with Crippen molar-refractivity contribution in [2.45, 2.75) is 13.1 Å². The lowest BCUT2D eigenvalue weighted by molar-refractivity contribution is -0.386. The van der Waals surface area contributed by atoms with Crippen molar-refractivity contribution in [2.24, 2.45) is 0 Å². The van der Waals surface area contributed by atoms with Gasteiger partial charge in [0.2, 0.25) is 0 Å². The molecule has 0 aliphatic carbocycles. The lowest BCUT2D eigenvalue weighted by Crippen LogP contribution is -2.09. The molecule has 0 N–H and O–H groups in total. The quantitative estimate of drug-likeness (QED) is 0.585. The van der Waals surface area contributed by atoms with E-state index in [-0.39, 0.29) is 5.75 Å². The number of halogens is 3. The molecule has 1 aromatic rings. The molecule has 16 heavy (non-hydrogen) atoms. The zero-order valence-electron chi connectivity index (χ0n) is 8.46. The molecule has 1 rings (SSSR count). The first-order valence-electron chi connectivity index (χ1n) is 4.18. The van der Waals surface area contributed by atoms with Crippen molar-refractivity contribution in [3.63, 3.8) is 0 Å². The first-order chi connectivity index (χ1) is 7.29. The lowest BCUT2D eigenvalue weighted by atomic mass is 10.1. The summed E-state index contributed by atoms with van der Waals surface area (Å²) >= 11 is 0. The van der Waals surface area contributed by atoms with Crippen LogP contribution in [0.4, 0.5) is 18.9 Å². The van der Waals surface area contributed by atoms with Gasteiger partial charge in [-0.2, -0.15) is 13.2 Å². The molecule has 1 aromatic carbocycles. The number of hydrogen-bond donors (Lipinski definition) is 0. The van der Waals surface area contributed by atoms with Crippen LogP contribution >= 0.6 is 0 Å². The van der Waals surface area contributed by atoms with Gasteiger partial charge in [-0.25, -0.2) is 0 Å². The summed E-state index contributed by atoms with van der Waals surface area (Å²) < 4.78 is 42.0. The molecule has 0 bridgehead atoms. The highest BCUT2D eigenvalue weighted by molar-refractivity contribution is 5.56. The van der Waals surface area contributed by atoms with Gasteiger partial charge in [0.05, 0.1) is 17.6 Å². The van der Waals surface area contributed by atoms with Crippen molar-refractivity contribution in [1.82, 2.24) is 0 Å². The summed E-state index contributed by atoms with van der Waals surface area (Å²) in [6.07, 6.45) is -4.61. The minimum absolute atomic E-state index is 0.185. The molecule has 0 aliphatic heterocycles. The van der Waals surface area contributed by atoms with Crippen LogP contribution in [-0.4, -0.2) is 12.0 Å². The first-order valence-corrected chi connectivity index (χ1v) is 4.18. The second kappa shape index (κ2) is 3.99.